The number of hydrogen-bond donors (Lipinski definition) is 0. The first-order valence-corrected chi connectivity index (χ1v) is 14.8. The third-order valence-electron chi connectivity index (χ3n) is 6.40. The normalized spacial score (nSPS) is 15.1. The summed E-state index contributed by atoms with van der Waals surface area (Å²) in [4.78, 5) is 31.4. The number of hydrogen-bond acceptors (Lipinski definition) is 7. The van der Waals surface area contributed by atoms with Gasteiger partial charge in [-0.05, 0) is 106 Å². The zero-order valence-corrected chi connectivity index (χ0v) is 25.7. The van der Waals surface area contributed by atoms with Crippen LogP contribution in [0.15, 0.2) is 88.8 Å². The minimum absolute atomic E-state index is 0.149. The van der Waals surface area contributed by atoms with E-state index in [1.54, 1.807) is 31.3 Å². The molecular formula is C32H27IN2O5S. The standard InChI is InChI=1S/C32H27IN2O5S/c1-4-39-27-17-20(16-26(33)29(27)40-19-23-10-7-9-21-8-5-6-11-25(21)23)18-28-30(36)35(2)32(41-28)34-24-14-12-22(13-15-24)31(37)38-3/h5-18H,4,19H2,1-3H3. The number of carbonyl (C=O) groups is 2. The molecule has 4 aromatic rings. The second-order valence-corrected chi connectivity index (χ2v) is 11.3. The second kappa shape index (κ2) is 12.8. The van der Waals surface area contributed by atoms with Gasteiger partial charge in [0.25, 0.3) is 5.91 Å². The maximum absolute atomic E-state index is 13.1. The highest BCUT2D eigenvalue weighted by molar-refractivity contribution is 14.1. The van der Waals surface area contributed by atoms with Crippen molar-refractivity contribution in [3.05, 3.63) is 104 Å². The summed E-state index contributed by atoms with van der Waals surface area (Å²) in [5.74, 6) is 0.727. The van der Waals surface area contributed by atoms with Gasteiger partial charge in [0.2, 0.25) is 0 Å². The van der Waals surface area contributed by atoms with Crippen LogP contribution in [0, 0.1) is 3.57 Å². The molecule has 5 rings (SSSR count). The van der Waals surface area contributed by atoms with E-state index in [0.29, 0.717) is 46.0 Å². The van der Waals surface area contributed by atoms with Gasteiger partial charge in [0, 0.05) is 7.05 Å². The van der Waals surface area contributed by atoms with Crippen molar-refractivity contribution in [2.24, 2.45) is 4.99 Å². The first-order valence-electron chi connectivity index (χ1n) is 12.9. The van der Waals surface area contributed by atoms with Gasteiger partial charge in [-0.15, -0.1) is 0 Å². The van der Waals surface area contributed by atoms with Gasteiger partial charge in [-0.3, -0.25) is 9.69 Å². The van der Waals surface area contributed by atoms with Crippen LogP contribution in [0.25, 0.3) is 16.8 Å². The number of amides is 1. The number of ether oxygens (including phenoxy) is 3. The Bertz CT molecular complexity index is 1680. The number of aliphatic imine (C=N–C) groups is 1. The van der Waals surface area contributed by atoms with E-state index >= 15 is 0 Å². The number of likely N-dealkylation sites (N-methyl/N-ethyl adjacent to an activating group) is 1. The predicted molar refractivity (Wildman–Crippen MR) is 172 cm³/mol. The van der Waals surface area contributed by atoms with E-state index in [1.807, 2.05) is 43.3 Å². The van der Waals surface area contributed by atoms with Crippen molar-refractivity contribution in [3.63, 3.8) is 0 Å². The number of nitrogens with zero attached hydrogens (tertiary/aromatic N) is 2. The van der Waals surface area contributed by atoms with Gasteiger partial charge in [0.15, 0.2) is 16.7 Å². The number of thioether (sulfide) groups is 1. The van der Waals surface area contributed by atoms with Crippen LogP contribution in [0.5, 0.6) is 11.5 Å². The summed E-state index contributed by atoms with van der Waals surface area (Å²) in [6.45, 7) is 2.80. The molecule has 0 N–H and O–H groups in total. The molecule has 0 spiro atoms. The number of amidine groups is 1. The lowest BCUT2D eigenvalue weighted by atomic mass is 10.1. The molecule has 1 aliphatic rings. The number of benzene rings is 4. The highest BCUT2D eigenvalue weighted by Gasteiger charge is 2.30. The summed E-state index contributed by atoms with van der Waals surface area (Å²) >= 11 is 3.53. The Kier molecular flexibility index (Phi) is 8.94. The van der Waals surface area contributed by atoms with Gasteiger partial charge in [-0.25, -0.2) is 9.79 Å². The van der Waals surface area contributed by atoms with E-state index in [2.05, 4.69) is 51.8 Å². The fourth-order valence-electron chi connectivity index (χ4n) is 4.35. The summed E-state index contributed by atoms with van der Waals surface area (Å²) < 4.78 is 17.9. The molecule has 0 radical (unpaired) electrons. The third-order valence-corrected chi connectivity index (χ3v) is 8.26. The molecule has 41 heavy (non-hydrogen) atoms. The zero-order chi connectivity index (χ0) is 28.9. The summed E-state index contributed by atoms with van der Waals surface area (Å²) in [5, 5.41) is 2.86. The van der Waals surface area contributed by atoms with Crippen molar-refractivity contribution in [2.75, 3.05) is 20.8 Å². The fourth-order valence-corrected chi connectivity index (χ4v) is 6.11. The molecule has 1 heterocycles. The minimum Gasteiger partial charge on any atom is -0.490 e. The number of esters is 1. The Morgan fingerprint density at radius 3 is 2.54 bits per heavy atom. The molecule has 0 saturated carbocycles. The minimum atomic E-state index is -0.414. The van der Waals surface area contributed by atoms with Crippen LogP contribution in [0.4, 0.5) is 5.69 Å². The molecule has 1 saturated heterocycles. The molecule has 1 amide bonds. The molecule has 7 nitrogen and oxygen atoms in total. The van der Waals surface area contributed by atoms with Gasteiger partial charge < -0.3 is 14.2 Å². The van der Waals surface area contributed by atoms with Crippen LogP contribution >= 0.6 is 34.4 Å². The van der Waals surface area contributed by atoms with Crippen LogP contribution in [-0.4, -0.2) is 42.7 Å². The van der Waals surface area contributed by atoms with Crippen molar-refractivity contribution in [1.29, 1.82) is 0 Å². The first kappa shape index (κ1) is 28.7. The number of halogens is 1. The summed E-state index contributed by atoms with van der Waals surface area (Å²) in [6, 6.07) is 25.0. The molecule has 4 aromatic carbocycles. The monoisotopic (exact) mass is 678 g/mol. The Balaban J connectivity index is 1.38. The Labute approximate surface area is 256 Å². The SMILES string of the molecule is CCOc1cc(C=C2SC(=Nc3ccc(C(=O)OC)cc3)N(C)C2=O)cc(I)c1OCc1cccc2ccccc12. The lowest BCUT2D eigenvalue weighted by Crippen LogP contribution is -2.23. The number of methoxy groups -OCH3 is 1. The van der Waals surface area contributed by atoms with Gasteiger partial charge in [0.1, 0.15) is 6.61 Å². The Morgan fingerprint density at radius 1 is 1.02 bits per heavy atom. The van der Waals surface area contributed by atoms with E-state index < -0.39 is 5.97 Å². The molecule has 0 unspecified atom stereocenters. The Morgan fingerprint density at radius 2 is 1.78 bits per heavy atom. The molecule has 1 aliphatic heterocycles. The smallest absolute Gasteiger partial charge is 0.337 e. The largest absolute Gasteiger partial charge is 0.490 e. The zero-order valence-electron chi connectivity index (χ0n) is 22.7. The topological polar surface area (TPSA) is 77.4 Å². The maximum atomic E-state index is 13.1. The molecular weight excluding hydrogens is 651 g/mol. The van der Waals surface area contributed by atoms with Crippen molar-refractivity contribution in [3.8, 4) is 11.5 Å². The van der Waals surface area contributed by atoms with E-state index in [9.17, 15) is 9.59 Å². The quantitative estimate of drug-likeness (QED) is 0.110. The lowest BCUT2D eigenvalue weighted by Gasteiger charge is -2.16. The van der Waals surface area contributed by atoms with Crippen LogP contribution in [0.1, 0.15) is 28.4 Å². The van der Waals surface area contributed by atoms with E-state index in [1.165, 1.54) is 29.2 Å². The van der Waals surface area contributed by atoms with E-state index in [4.69, 9.17) is 14.2 Å². The first-order chi connectivity index (χ1) is 19.9. The van der Waals surface area contributed by atoms with Gasteiger partial charge in [-0.2, -0.15) is 0 Å². The number of carbonyl (C=O) groups excluding carboxylic acids is 2. The van der Waals surface area contributed by atoms with Crippen molar-refractivity contribution >= 4 is 73.9 Å². The van der Waals surface area contributed by atoms with Crippen LogP contribution in [-0.2, 0) is 16.1 Å². The molecule has 208 valence electrons. The van der Waals surface area contributed by atoms with Crippen molar-refractivity contribution in [1.82, 2.24) is 4.90 Å². The average Bonchev–Trinajstić information content (AvgIpc) is 3.24. The summed E-state index contributed by atoms with van der Waals surface area (Å²) in [7, 11) is 3.03. The molecule has 0 aliphatic carbocycles. The van der Waals surface area contributed by atoms with Crippen LogP contribution in [0.3, 0.4) is 0 Å². The Hall–Kier alpha value is -3.83. The maximum Gasteiger partial charge on any atom is 0.337 e. The lowest BCUT2D eigenvalue weighted by molar-refractivity contribution is -0.121. The van der Waals surface area contributed by atoms with Crippen molar-refractivity contribution in [2.45, 2.75) is 13.5 Å². The van der Waals surface area contributed by atoms with Crippen molar-refractivity contribution < 1.29 is 23.8 Å². The number of fused-ring (bicyclic) bond motifs is 1. The average molecular weight is 679 g/mol. The number of rotatable bonds is 8. The third kappa shape index (κ3) is 6.41. The second-order valence-electron chi connectivity index (χ2n) is 9.10. The van der Waals surface area contributed by atoms with Crippen LogP contribution < -0.4 is 9.47 Å². The highest BCUT2D eigenvalue weighted by atomic mass is 127. The van der Waals surface area contributed by atoms with Gasteiger partial charge >= 0.3 is 5.97 Å². The molecule has 1 fully saturated rings. The fraction of sp³-hybridized carbons (Fsp3) is 0.156. The summed E-state index contributed by atoms with van der Waals surface area (Å²) in [5.41, 5.74) is 2.98. The predicted octanol–water partition coefficient (Wildman–Crippen LogP) is 7.44. The molecule has 0 bridgehead atoms. The van der Waals surface area contributed by atoms with E-state index in [-0.39, 0.29) is 5.91 Å². The summed E-state index contributed by atoms with van der Waals surface area (Å²) in [6.07, 6.45) is 1.84. The molecule has 9 heteroatoms. The van der Waals surface area contributed by atoms with E-state index in [0.717, 1.165) is 20.1 Å². The molecule has 0 aromatic heterocycles. The highest BCUT2D eigenvalue weighted by Crippen LogP contribution is 2.38. The molecule has 0 atom stereocenters. The van der Waals surface area contributed by atoms with Gasteiger partial charge in [-0.1, -0.05) is 42.5 Å². The van der Waals surface area contributed by atoms with Crippen LogP contribution in [0.2, 0.25) is 0 Å². The van der Waals surface area contributed by atoms with Gasteiger partial charge in [0.05, 0.1) is 33.4 Å².